The Morgan fingerprint density at radius 1 is 1.33 bits per heavy atom. The largest absolute Gasteiger partial charge is 0.385 e. The maximum atomic E-state index is 3.46. The third-order valence-electron chi connectivity index (χ3n) is 2.71. The minimum absolute atomic E-state index is 0.730. The summed E-state index contributed by atoms with van der Waals surface area (Å²) in [5.74, 6) is 0.730. The molecule has 1 unspecified atom stereocenters. The molecule has 1 aromatic carbocycles. The number of nitrogens with zero attached hydrogens (tertiary/aromatic N) is 1. The first-order valence-corrected chi connectivity index (χ1v) is 5.64. The van der Waals surface area contributed by atoms with Gasteiger partial charge in [-0.25, -0.2) is 0 Å². The SMILES string of the molecule is CCC(C)CNc1cccc(N(C)C)c1. The zero-order chi connectivity index (χ0) is 11.3. The summed E-state index contributed by atoms with van der Waals surface area (Å²) in [4.78, 5) is 2.12. The molecule has 0 spiro atoms. The van der Waals surface area contributed by atoms with Crippen LogP contribution in [0.15, 0.2) is 24.3 Å². The maximum Gasteiger partial charge on any atom is 0.0381 e. The monoisotopic (exact) mass is 206 g/mol. The van der Waals surface area contributed by atoms with Gasteiger partial charge in [0.2, 0.25) is 0 Å². The molecule has 0 aliphatic heterocycles. The summed E-state index contributed by atoms with van der Waals surface area (Å²) < 4.78 is 0. The van der Waals surface area contributed by atoms with Crippen LogP contribution >= 0.6 is 0 Å². The summed E-state index contributed by atoms with van der Waals surface area (Å²) >= 11 is 0. The van der Waals surface area contributed by atoms with Crippen molar-refractivity contribution in [2.45, 2.75) is 20.3 Å². The third-order valence-corrected chi connectivity index (χ3v) is 2.71. The quantitative estimate of drug-likeness (QED) is 0.796. The van der Waals surface area contributed by atoms with Gasteiger partial charge in [0, 0.05) is 32.0 Å². The van der Waals surface area contributed by atoms with E-state index in [2.05, 4.69) is 62.4 Å². The average Bonchev–Trinajstić information content (AvgIpc) is 2.26. The predicted molar refractivity (Wildman–Crippen MR) is 68.7 cm³/mol. The number of hydrogen-bond donors (Lipinski definition) is 1. The van der Waals surface area contributed by atoms with E-state index in [9.17, 15) is 0 Å². The van der Waals surface area contributed by atoms with Crippen LogP contribution in [0.1, 0.15) is 20.3 Å². The first-order valence-electron chi connectivity index (χ1n) is 5.64. The molecule has 0 heterocycles. The van der Waals surface area contributed by atoms with Gasteiger partial charge in [0.15, 0.2) is 0 Å². The molecule has 1 aromatic rings. The Morgan fingerprint density at radius 3 is 2.67 bits per heavy atom. The smallest absolute Gasteiger partial charge is 0.0381 e. The summed E-state index contributed by atoms with van der Waals surface area (Å²) in [6.07, 6.45) is 1.22. The van der Waals surface area contributed by atoms with Crippen molar-refractivity contribution < 1.29 is 0 Å². The first-order chi connectivity index (χ1) is 7.13. The Morgan fingerprint density at radius 2 is 2.07 bits per heavy atom. The fraction of sp³-hybridized carbons (Fsp3) is 0.538. The molecule has 0 amide bonds. The van der Waals surface area contributed by atoms with E-state index in [1.165, 1.54) is 17.8 Å². The van der Waals surface area contributed by atoms with E-state index in [-0.39, 0.29) is 0 Å². The van der Waals surface area contributed by atoms with Crippen molar-refractivity contribution in [2.75, 3.05) is 30.9 Å². The van der Waals surface area contributed by atoms with Gasteiger partial charge in [0.25, 0.3) is 0 Å². The Labute approximate surface area is 93.3 Å². The van der Waals surface area contributed by atoms with E-state index in [0.29, 0.717) is 0 Å². The van der Waals surface area contributed by atoms with Crippen LogP contribution in [0.25, 0.3) is 0 Å². The fourth-order valence-corrected chi connectivity index (χ4v) is 1.33. The van der Waals surface area contributed by atoms with Gasteiger partial charge in [-0.2, -0.15) is 0 Å². The standard InChI is InChI=1S/C13H22N2/c1-5-11(2)10-14-12-7-6-8-13(9-12)15(3)4/h6-9,11,14H,5,10H2,1-4H3. The van der Waals surface area contributed by atoms with Crippen LogP contribution in [0, 0.1) is 5.92 Å². The Hall–Kier alpha value is -1.18. The average molecular weight is 206 g/mol. The molecular formula is C13H22N2. The summed E-state index contributed by atoms with van der Waals surface area (Å²) in [6, 6.07) is 8.51. The van der Waals surface area contributed by atoms with E-state index in [1.807, 2.05) is 0 Å². The third kappa shape index (κ3) is 3.82. The van der Waals surface area contributed by atoms with Crippen LogP contribution in [0.2, 0.25) is 0 Å². The lowest BCUT2D eigenvalue weighted by atomic mass is 10.1. The lowest BCUT2D eigenvalue weighted by Crippen LogP contribution is -2.12. The summed E-state index contributed by atoms with van der Waals surface area (Å²) in [6.45, 7) is 5.54. The number of rotatable bonds is 5. The molecule has 0 bridgehead atoms. The van der Waals surface area contributed by atoms with E-state index in [1.54, 1.807) is 0 Å². The van der Waals surface area contributed by atoms with Crippen LogP contribution < -0.4 is 10.2 Å². The van der Waals surface area contributed by atoms with Gasteiger partial charge in [-0.05, 0) is 24.1 Å². The molecule has 0 aliphatic carbocycles. The molecule has 0 aromatic heterocycles. The van der Waals surface area contributed by atoms with Gasteiger partial charge < -0.3 is 10.2 Å². The van der Waals surface area contributed by atoms with Crippen molar-refractivity contribution >= 4 is 11.4 Å². The lowest BCUT2D eigenvalue weighted by molar-refractivity contribution is 0.593. The maximum absolute atomic E-state index is 3.46. The fourth-order valence-electron chi connectivity index (χ4n) is 1.33. The van der Waals surface area contributed by atoms with Crippen LogP contribution in [-0.2, 0) is 0 Å². The molecular weight excluding hydrogens is 184 g/mol. The Kier molecular flexibility index (Phi) is 4.47. The zero-order valence-corrected chi connectivity index (χ0v) is 10.2. The molecule has 0 radical (unpaired) electrons. The number of nitrogens with one attached hydrogen (secondary N) is 1. The summed E-state index contributed by atoms with van der Waals surface area (Å²) in [7, 11) is 4.13. The molecule has 2 nitrogen and oxygen atoms in total. The Balaban J connectivity index is 2.58. The van der Waals surface area contributed by atoms with Crippen LogP contribution in [0.4, 0.5) is 11.4 Å². The highest BCUT2D eigenvalue weighted by molar-refractivity contribution is 5.57. The van der Waals surface area contributed by atoms with Crippen molar-refractivity contribution in [3.8, 4) is 0 Å². The van der Waals surface area contributed by atoms with Crippen LogP contribution in [-0.4, -0.2) is 20.6 Å². The second-order valence-corrected chi connectivity index (χ2v) is 4.34. The molecule has 0 saturated carbocycles. The molecule has 0 aliphatic rings. The van der Waals surface area contributed by atoms with E-state index in [0.717, 1.165) is 12.5 Å². The molecule has 84 valence electrons. The molecule has 0 fully saturated rings. The normalized spacial score (nSPS) is 12.3. The van der Waals surface area contributed by atoms with Crippen LogP contribution in [0.3, 0.4) is 0 Å². The molecule has 15 heavy (non-hydrogen) atoms. The van der Waals surface area contributed by atoms with Crippen molar-refractivity contribution in [1.29, 1.82) is 0 Å². The second kappa shape index (κ2) is 5.64. The highest BCUT2D eigenvalue weighted by atomic mass is 15.1. The van der Waals surface area contributed by atoms with E-state index < -0.39 is 0 Å². The van der Waals surface area contributed by atoms with Gasteiger partial charge in [-0.1, -0.05) is 26.3 Å². The van der Waals surface area contributed by atoms with Gasteiger partial charge in [0.1, 0.15) is 0 Å². The van der Waals surface area contributed by atoms with Gasteiger partial charge in [-0.15, -0.1) is 0 Å². The van der Waals surface area contributed by atoms with Crippen molar-refractivity contribution in [1.82, 2.24) is 0 Å². The number of hydrogen-bond acceptors (Lipinski definition) is 2. The molecule has 1 atom stereocenters. The molecule has 2 heteroatoms. The van der Waals surface area contributed by atoms with E-state index >= 15 is 0 Å². The predicted octanol–water partition coefficient (Wildman–Crippen LogP) is 3.21. The summed E-state index contributed by atoms with van der Waals surface area (Å²) in [5, 5.41) is 3.46. The highest BCUT2D eigenvalue weighted by Gasteiger charge is 2.00. The van der Waals surface area contributed by atoms with Crippen molar-refractivity contribution in [2.24, 2.45) is 5.92 Å². The van der Waals surface area contributed by atoms with E-state index in [4.69, 9.17) is 0 Å². The minimum Gasteiger partial charge on any atom is -0.385 e. The molecule has 0 saturated heterocycles. The lowest BCUT2D eigenvalue weighted by Gasteiger charge is -2.15. The second-order valence-electron chi connectivity index (χ2n) is 4.34. The summed E-state index contributed by atoms with van der Waals surface area (Å²) in [5.41, 5.74) is 2.45. The van der Waals surface area contributed by atoms with Crippen molar-refractivity contribution in [3.63, 3.8) is 0 Å². The molecule has 1 N–H and O–H groups in total. The highest BCUT2D eigenvalue weighted by Crippen LogP contribution is 2.17. The number of benzene rings is 1. The van der Waals surface area contributed by atoms with Gasteiger partial charge >= 0.3 is 0 Å². The molecule has 1 rings (SSSR count). The topological polar surface area (TPSA) is 15.3 Å². The first kappa shape index (κ1) is 11.9. The van der Waals surface area contributed by atoms with Gasteiger partial charge in [-0.3, -0.25) is 0 Å². The van der Waals surface area contributed by atoms with Crippen molar-refractivity contribution in [3.05, 3.63) is 24.3 Å². The van der Waals surface area contributed by atoms with Crippen LogP contribution in [0.5, 0.6) is 0 Å². The minimum atomic E-state index is 0.730. The zero-order valence-electron chi connectivity index (χ0n) is 10.2. The van der Waals surface area contributed by atoms with Gasteiger partial charge in [0.05, 0.1) is 0 Å². The number of anilines is 2. The Bertz CT molecular complexity index is 294.